The van der Waals surface area contributed by atoms with Gasteiger partial charge in [-0.1, -0.05) is 28.9 Å². The first kappa shape index (κ1) is 14.1. The number of oxime groups is 1. The van der Waals surface area contributed by atoms with E-state index in [1.54, 1.807) is 25.1 Å². The van der Waals surface area contributed by atoms with Crippen molar-refractivity contribution in [2.45, 2.75) is 6.92 Å². The van der Waals surface area contributed by atoms with Crippen LogP contribution in [0.3, 0.4) is 0 Å². The van der Waals surface area contributed by atoms with Gasteiger partial charge in [0.15, 0.2) is 0 Å². The first-order valence-electron chi connectivity index (χ1n) is 5.72. The predicted molar refractivity (Wildman–Crippen MR) is 75.6 cm³/mol. The first-order valence-corrected chi connectivity index (χ1v) is 6.10. The molecule has 0 amide bonds. The average molecular weight is 294 g/mol. The number of hydrogen-bond donors (Lipinski definition) is 1. The van der Waals surface area contributed by atoms with Crippen molar-refractivity contribution in [1.82, 2.24) is 10.2 Å². The zero-order chi connectivity index (χ0) is 14.5. The van der Waals surface area contributed by atoms with Gasteiger partial charge in [-0.05, 0) is 19.1 Å². The Morgan fingerprint density at radius 3 is 2.85 bits per heavy atom. The number of benzene rings is 1. The number of ether oxygens (including phenoxy) is 1. The molecule has 20 heavy (non-hydrogen) atoms. The highest BCUT2D eigenvalue weighted by molar-refractivity contribution is 6.29. The largest absolute Gasteiger partial charge is 0.434 e. The van der Waals surface area contributed by atoms with E-state index in [1.165, 1.54) is 13.2 Å². The number of nitrogens with one attached hydrogen (secondary N) is 1. The summed E-state index contributed by atoms with van der Waals surface area (Å²) in [6.45, 7) is 1.77. The molecule has 0 aliphatic carbocycles. The van der Waals surface area contributed by atoms with Gasteiger partial charge >= 0.3 is 0 Å². The maximum Gasteiger partial charge on any atom is 0.285 e. The third-order valence-corrected chi connectivity index (χ3v) is 2.64. The molecule has 1 heterocycles. The molecule has 104 valence electrons. The van der Waals surface area contributed by atoms with E-state index < -0.39 is 5.43 Å². The number of H-pyrrole nitrogens is 1. The van der Waals surface area contributed by atoms with Gasteiger partial charge in [-0.25, -0.2) is 0 Å². The molecule has 0 saturated heterocycles. The molecule has 0 saturated carbocycles. The summed E-state index contributed by atoms with van der Waals surface area (Å²) in [5, 5.41) is 10.2. The van der Waals surface area contributed by atoms with Crippen LogP contribution in [0.5, 0.6) is 11.6 Å². The molecule has 0 unspecified atom stereocenters. The lowest BCUT2D eigenvalue weighted by atomic mass is 10.1. The number of aromatic amines is 1. The number of halogens is 1. The molecule has 2 rings (SSSR count). The van der Waals surface area contributed by atoms with Crippen LogP contribution in [0.2, 0.25) is 5.15 Å². The number of nitrogens with zero attached hydrogens (tertiary/aromatic N) is 2. The van der Waals surface area contributed by atoms with Crippen LogP contribution in [0.4, 0.5) is 0 Å². The molecule has 7 heteroatoms. The highest BCUT2D eigenvalue weighted by Gasteiger charge is 2.11. The fraction of sp³-hybridized carbons (Fsp3) is 0.154. The van der Waals surface area contributed by atoms with Crippen molar-refractivity contribution in [3.63, 3.8) is 0 Å². The maximum absolute atomic E-state index is 11.7. The molecule has 1 N–H and O–H groups in total. The molecule has 0 atom stereocenters. The Kier molecular flexibility index (Phi) is 4.37. The van der Waals surface area contributed by atoms with Gasteiger partial charge in [-0.15, -0.1) is 5.10 Å². The van der Waals surface area contributed by atoms with Crippen LogP contribution in [-0.4, -0.2) is 23.0 Å². The van der Waals surface area contributed by atoms with Gasteiger partial charge in [0.1, 0.15) is 18.0 Å². The standard InChI is InChI=1S/C13H12ClN3O3/c1-8(17-19-2)9-5-3-4-6-11(9)20-13-10(18)7-12(14)15-16-13/h3-7H,1-2H3,(H,15,18)/b17-8+. The molecule has 0 spiro atoms. The number of aromatic nitrogens is 2. The van der Waals surface area contributed by atoms with Crippen LogP contribution in [0.15, 0.2) is 40.3 Å². The van der Waals surface area contributed by atoms with E-state index in [2.05, 4.69) is 15.4 Å². The lowest BCUT2D eigenvalue weighted by molar-refractivity contribution is 0.213. The lowest BCUT2D eigenvalue weighted by Crippen LogP contribution is -2.09. The van der Waals surface area contributed by atoms with Crippen molar-refractivity contribution in [1.29, 1.82) is 0 Å². The topological polar surface area (TPSA) is 76.6 Å². The van der Waals surface area contributed by atoms with E-state index in [9.17, 15) is 4.79 Å². The minimum absolute atomic E-state index is 0.0907. The molecular formula is C13H12ClN3O3. The Morgan fingerprint density at radius 2 is 2.15 bits per heavy atom. The quantitative estimate of drug-likeness (QED) is 0.694. The molecule has 0 radical (unpaired) electrons. The third kappa shape index (κ3) is 3.16. The van der Waals surface area contributed by atoms with Crippen LogP contribution in [0.1, 0.15) is 12.5 Å². The average Bonchev–Trinajstić information content (AvgIpc) is 2.43. The summed E-state index contributed by atoms with van der Waals surface area (Å²) in [5.41, 5.74) is 0.906. The van der Waals surface area contributed by atoms with Crippen molar-refractivity contribution in [3.05, 3.63) is 51.3 Å². The molecule has 1 aromatic carbocycles. The predicted octanol–water partition coefficient (Wildman–Crippen LogP) is 2.59. The number of hydrogen-bond acceptors (Lipinski definition) is 5. The second-order valence-corrected chi connectivity index (χ2v) is 4.25. The molecule has 0 fully saturated rings. The Bertz CT molecular complexity index is 697. The highest BCUT2D eigenvalue weighted by atomic mass is 35.5. The van der Waals surface area contributed by atoms with Crippen molar-refractivity contribution < 1.29 is 9.57 Å². The van der Waals surface area contributed by atoms with Crippen LogP contribution >= 0.6 is 11.6 Å². The van der Waals surface area contributed by atoms with Gasteiger partial charge < -0.3 is 9.57 Å². The monoisotopic (exact) mass is 293 g/mol. The SMILES string of the molecule is CO/N=C(\C)c1ccccc1Oc1n[nH]c(Cl)cc1=O. The normalized spacial score (nSPS) is 11.2. The molecule has 6 nitrogen and oxygen atoms in total. The van der Waals surface area contributed by atoms with Gasteiger partial charge in [0.05, 0.1) is 5.71 Å². The van der Waals surface area contributed by atoms with Crippen molar-refractivity contribution >= 4 is 17.3 Å². The fourth-order valence-corrected chi connectivity index (χ4v) is 1.73. The van der Waals surface area contributed by atoms with Crippen LogP contribution in [0.25, 0.3) is 0 Å². The summed E-state index contributed by atoms with van der Waals surface area (Å²) < 4.78 is 5.51. The minimum Gasteiger partial charge on any atom is -0.434 e. The Morgan fingerprint density at radius 1 is 1.40 bits per heavy atom. The summed E-state index contributed by atoms with van der Waals surface area (Å²) in [4.78, 5) is 16.4. The third-order valence-electron chi connectivity index (χ3n) is 2.44. The number of rotatable bonds is 4. The highest BCUT2D eigenvalue weighted by Crippen LogP contribution is 2.22. The molecular weight excluding hydrogens is 282 g/mol. The fourth-order valence-electron chi connectivity index (χ4n) is 1.59. The Labute approximate surface area is 120 Å². The Hall–Kier alpha value is -2.34. The lowest BCUT2D eigenvalue weighted by Gasteiger charge is -2.09. The second-order valence-electron chi connectivity index (χ2n) is 3.84. The van der Waals surface area contributed by atoms with E-state index >= 15 is 0 Å². The molecule has 0 bridgehead atoms. The van der Waals surface area contributed by atoms with Gasteiger partial charge in [0, 0.05) is 11.6 Å². The van der Waals surface area contributed by atoms with E-state index in [4.69, 9.17) is 21.2 Å². The number of para-hydroxylation sites is 1. The summed E-state index contributed by atoms with van der Waals surface area (Å²) in [5.74, 6) is 0.359. The molecule has 0 aliphatic rings. The van der Waals surface area contributed by atoms with E-state index in [-0.39, 0.29) is 11.0 Å². The van der Waals surface area contributed by atoms with Gasteiger partial charge in [0.2, 0.25) is 5.43 Å². The molecule has 0 aliphatic heterocycles. The van der Waals surface area contributed by atoms with Crippen LogP contribution in [-0.2, 0) is 4.84 Å². The Balaban J connectivity index is 2.39. The summed E-state index contributed by atoms with van der Waals surface area (Å²) in [6.07, 6.45) is 0. The summed E-state index contributed by atoms with van der Waals surface area (Å²) >= 11 is 5.63. The first-order chi connectivity index (χ1) is 9.61. The van der Waals surface area contributed by atoms with Crippen molar-refractivity contribution in [2.75, 3.05) is 7.11 Å². The molecule has 1 aromatic heterocycles. The van der Waals surface area contributed by atoms with Crippen molar-refractivity contribution in [2.24, 2.45) is 5.16 Å². The van der Waals surface area contributed by atoms with Crippen LogP contribution in [0, 0.1) is 0 Å². The smallest absolute Gasteiger partial charge is 0.285 e. The van der Waals surface area contributed by atoms with E-state index in [0.29, 0.717) is 17.0 Å². The summed E-state index contributed by atoms with van der Waals surface area (Å²) in [6, 6.07) is 8.32. The zero-order valence-corrected chi connectivity index (χ0v) is 11.6. The molecule has 2 aromatic rings. The minimum atomic E-state index is -0.412. The van der Waals surface area contributed by atoms with E-state index in [0.717, 1.165) is 0 Å². The summed E-state index contributed by atoms with van der Waals surface area (Å²) in [7, 11) is 1.46. The van der Waals surface area contributed by atoms with E-state index in [1.807, 2.05) is 6.07 Å². The maximum atomic E-state index is 11.7. The van der Waals surface area contributed by atoms with Crippen LogP contribution < -0.4 is 10.2 Å². The van der Waals surface area contributed by atoms with Gasteiger partial charge in [-0.3, -0.25) is 9.89 Å². The van der Waals surface area contributed by atoms with Crippen molar-refractivity contribution in [3.8, 4) is 11.6 Å². The van der Waals surface area contributed by atoms with Gasteiger partial charge in [0.25, 0.3) is 5.88 Å². The van der Waals surface area contributed by atoms with Gasteiger partial charge in [-0.2, -0.15) is 0 Å². The second kappa shape index (κ2) is 6.21. The zero-order valence-electron chi connectivity index (χ0n) is 10.9.